The van der Waals surface area contributed by atoms with Gasteiger partial charge in [0.2, 0.25) is 0 Å². The molecule has 0 spiro atoms. The minimum Gasteiger partial charge on any atom is -0.468 e. The lowest BCUT2D eigenvalue weighted by Crippen LogP contribution is -2.19. The molecule has 0 unspecified atom stereocenters. The zero-order valence-electron chi connectivity index (χ0n) is 16.4. The molecule has 0 saturated carbocycles. The number of nitrogens with zero attached hydrogens (tertiary/aromatic N) is 4. The van der Waals surface area contributed by atoms with Gasteiger partial charge < -0.3 is 20.1 Å². The van der Waals surface area contributed by atoms with Crippen molar-refractivity contribution >= 4 is 22.8 Å². The highest BCUT2D eigenvalue weighted by Crippen LogP contribution is 2.38. The highest BCUT2D eigenvalue weighted by Gasteiger charge is 2.27. The van der Waals surface area contributed by atoms with E-state index in [-0.39, 0.29) is 13.0 Å². The number of nitriles is 1. The highest BCUT2D eigenvalue weighted by molar-refractivity contribution is 6.02. The molecule has 1 atom stereocenters. The zero-order valence-corrected chi connectivity index (χ0v) is 16.4. The molecule has 150 valence electrons. The summed E-state index contributed by atoms with van der Waals surface area (Å²) >= 11 is 0. The summed E-state index contributed by atoms with van der Waals surface area (Å²) in [4.78, 5) is 20.7. The minimum absolute atomic E-state index is 0.00176. The fraction of sp³-hybridized carbons (Fsp3) is 0.333. The van der Waals surface area contributed by atoms with E-state index in [2.05, 4.69) is 9.97 Å². The van der Waals surface area contributed by atoms with Crippen LogP contribution in [0.1, 0.15) is 17.7 Å². The summed E-state index contributed by atoms with van der Waals surface area (Å²) in [6.45, 7) is 2.46. The molecule has 29 heavy (non-hydrogen) atoms. The third kappa shape index (κ3) is 3.91. The SMILES string of the molecule is COC(=O)[C@H](C#N)Cc1c(-c2ccc(C)cc2)c2c(N)ncnc2n1CCCO. The van der Waals surface area contributed by atoms with E-state index in [1.54, 1.807) is 0 Å². The molecule has 0 amide bonds. The van der Waals surface area contributed by atoms with Gasteiger partial charge in [0.15, 0.2) is 0 Å². The number of aryl methyl sites for hydroxylation is 2. The van der Waals surface area contributed by atoms with E-state index < -0.39 is 11.9 Å². The van der Waals surface area contributed by atoms with Crippen molar-refractivity contribution in [2.45, 2.75) is 26.3 Å². The third-order valence-corrected chi connectivity index (χ3v) is 4.90. The van der Waals surface area contributed by atoms with Gasteiger partial charge in [0.1, 0.15) is 23.7 Å². The second kappa shape index (κ2) is 8.71. The molecule has 0 fully saturated rings. The molecule has 8 nitrogen and oxygen atoms in total. The Labute approximate surface area is 168 Å². The number of hydrogen-bond donors (Lipinski definition) is 2. The van der Waals surface area contributed by atoms with Crippen LogP contribution in [-0.4, -0.2) is 39.3 Å². The molecular weight excluding hydrogens is 370 g/mol. The number of benzene rings is 1. The molecule has 0 radical (unpaired) electrons. The van der Waals surface area contributed by atoms with E-state index in [0.717, 1.165) is 22.4 Å². The Hall–Kier alpha value is -3.44. The summed E-state index contributed by atoms with van der Waals surface area (Å²) in [7, 11) is 1.26. The number of esters is 1. The van der Waals surface area contributed by atoms with Crippen LogP contribution in [0.25, 0.3) is 22.2 Å². The van der Waals surface area contributed by atoms with Gasteiger partial charge in [-0.2, -0.15) is 5.26 Å². The van der Waals surface area contributed by atoms with Crippen molar-refractivity contribution < 1.29 is 14.6 Å². The lowest BCUT2D eigenvalue weighted by atomic mass is 9.96. The Balaban J connectivity index is 2.31. The molecule has 1 aromatic carbocycles. The quantitative estimate of drug-likeness (QED) is 0.589. The van der Waals surface area contributed by atoms with Gasteiger partial charge in [-0.1, -0.05) is 29.8 Å². The Morgan fingerprint density at radius 1 is 1.34 bits per heavy atom. The number of nitrogens with two attached hydrogens (primary N) is 1. The van der Waals surface area contributed by atoms with Crippen LogP contribution < -0.4 is 5.73 Å². The van der Waals surface area contributed by atoms with E-state index in [1.807, 2.05) is 41.8 Å². The summed E-state index contributed by atoms with van der Waals surface area (Å²) in [6, 6.07) is 9.93. The standard InChI is InChI=1S/C21H23N5O3/c1-13-4-6-14(7-5-13)17-16(10-15(11-22)21(28)29-2)26(8-3-9-27)20-18(17)19(23)24-12-25-20/h4-7,12,15,27H,3,8-10H2,1-2H3,(H2,23,24,25)/t15-/m0/s1. The number of aliphatic hydroxyl groups is 1. The number of ether oxygens (including phenoxy) is 1. The number of hydrogen-bond acceptors (Lipinski definition) is 7. The number of carbonyl (C=O) groups excluding carboxylic acids is 1. The molecule has 2 aromatic heterocycles. The number of rotatable bonds is 7. The van der Waals surface area contributed by atoms with Crippen LogP contribution in [0.2, 0.25) is 0 Å². The van der Waals surface area contributed by atoms with Gasteiger partial charge in [-0.25, -0.2) is 9.97 Å². The number of aromatic nitrogens is 3. The molecule has 0 bridgehead atoms. The second-order valence-electron chi connectivity index (χ2n) is 6.78. The lowest BCUT2D eigenvalue weighted by molar-refractivity contribution is -0.143. The average Bonchev–Trinajstić information content (AvgIpc) is 3.04. The van der Waals surface area contributed by atoms with Crippen LogP contribution in [0.3, 0.4) is 0 Å². The molecule has 8 heteroatoms. The first-order chi connectivity index (χ1) is 14.0. The first-order valence-electron chi connectivity index (χ1n) is 9.28. The number of anilines is 1. The molecule has 0 saturated heterocycles. The Morgan fingerprint density at radius 3 is 2.69 bits per heavy atom. The van der Waals surface area contributed by atoms with Crippen molar-refractivity contribution in [2.24, 2.45) is 5.92 Å². The summed E-state index contributed by atoms with van der Waals surface area (Å²) in [6.07, 6.45) is 2.01. The van der Waals surface area contributed by atoms with Crippen molar-refractivity contribution in [3.8, 4) is 17.2 Å². The van der Waals surface area contributed by atoms with Crippen molar-refractivity contribution in [2.75, 3.05) is 19.5 Å². The number of carbonyl (C=O) groups is 1. The van der Waals surface area contributed by atoms with Crippen molar-refractivity contribution in [1.82, 2.24) is 14.5 Å². The van der Waals surface area contributed by atoms with Crippen LogP contribution >= 0.6 is 0 Å². The second-order valence-corrected chi connectivity index (χ2v) is 6.78. The first kappa shape index (κ1) is 20.3. The Morgan fingerprint density at radius 2 is 2.07 bits per heavy atom. The van der Waals surface area contributed by atoms with Gasteiger partial charge in [0.05, 0.1) is 18.6 Å². The maximum Gasteiger partial charge on any atom is 0.323 e. The molecule has 3 aromatic rings. The van der Waals surface area contributed by atoms with Gasteiger partial charge in [0, 0.05) is 30.8 Å². The Kier molecular flexibility index (Phi) is 6.10. The third-order valence-electron chi connectivity index (χ3n) is 4.90. The number of aliphatic hydroxyl groups excluding tert-OH is 1. The van der Waals surface area contributed by atoms with Crippen LogP contribution in [0.4, 0.5) is 5.82 Å². The number of fused-ring (bicyclic) bond motifs is 1. The van der Waals surface area contributed by atoms with E-state index in [0.29, 0.717) is 29.8 Å². The molecule has 0 aliphatic heterocycles. The van der Waals surface area contributed by atoms with Crippen LogP contribution in [0.5, 0.6) is 0 Å². The van der Waals surface area contributed by atoms with Gasteiger partial charge >= 0.3 is 5.97 Å². The average molecular weight is 393 g/mol. The fourth-order valence-electron chi connectivity index (χ4n) is 3.47. The smallest absolute Gasteiger partial charge is 0.323 e. The molecule has 2 heterocycles. The summed E-state index contributed by atoms with van der Waals surface area (Å²) < 4.78 is 6.70. The summed E-state index contributed by atoms with van der Waals surface area (Å²) in [5, 5.41) is 19.6. The first-order valence-corrected chi connectivity index (χ1v) is 9.28. The normalized spacial score (nSPS) is 11.9. The molecule has 0 aliphatic carbocycles. The van der Waals surface area contributed by atoms with Crippen LogP contribution in [-0.2, 0) is 22.5 Å². The maximum absolute atomic E-state index is 12.1. The van der Waals surface area contributed by atoms with E-state index >= 15 is 0 Å². The van der Waals surface area contributed by atoms with Gasteiger partial charge in [-0.15, -0.1) is 0 Å². The zero-order chi connectivity index (χ0) is 21.0. The van der Waals surface area contributed by atoms with Crippen molar-refractivity contribution in [1.29, 1.82) is 5.26 Å². The van der Waals surface area contributed by atoms with Crippen LogP contribution in [0, 0.1) is 24.2 Å². The maximum atomic E-state index is 12.1. The van der Waals surface area contributed by atoms with Crippen molar-refractivity contribution in [3.63, 3.8) is 0 Å². The highest BCUT2D eigenvalue weighted by atomic mass is 16.5. The fourth-order valence-corrected chi connectivity index (χ4v) is 3.47. The minimum atomic E-state index is -0.976. The van der Waals surface area contributed by atoms with E-state index in [1.165, 1.54) is 13.4 Å². The monoisotopic (exact) mass is 393 g/mol. The topological polar surface area (TPSA) is 127 Å². The number of methoxy groups -OCH3 is 1. The largest absolute Gasteiger partial charge is 0.468 e. The molecule has 0 aliphatic rings. The van der Waals surface area contributed by atoms with Crippen LogP contribution in [0.15, 0.2) is 30.6 Å². The summed E-state index contributed by atoms with van der Waals surface area (Å²) in [5.74, 6) is -1.25. The van der Waals surface area contributed by atoms with E-state index in [4.69, 9.17) is 10.5 Å². The van der Waals surface area contributed by atoms with Gasteiger partial charge in [0.25, 0.3) is 0 Å². The molecule has 3 rings (SSSR count). The van der Waals surface area contributed by atoms with Crippen molar-refractivity contribution in [3.05, 3.63) is 41.9 Å². The Bertz CT molecular complexity index is 1070. The number of nitrogen functional groups attached to an aromatic ring is 1. The molecular formula is C21H23N5O3. The van der Waals surface area contributed by atoms with E-state index in [9.17, 15) is 15.2 Å². The summed E-state index contributed by atoms with van der Waals surface area (Å²) in [5.41, 5.74) is 10.3. The van der Waals surface area contributed by atoms with Gasteiger partial charge in [-0.3, -0.25) is 4.79 Å². The predicted molar refractivity (Wildman–Crippen MR) is 109 cm³/mol. The molecule has 3 N–H and O–H groups in total. The van der Waals surface area contributed by atoms with Gasteiger partial charge in [-0.05, 0) is 18.9 Å². The lowest BCUT2D eigenvalue weighted by Gasteiger charge is -2.14. The predicted octanol–water partition coefficient (Wildman–Crippen LogP) is 2.23.